The lowest BCUT2D eigenvalue weighted by atomic mass is 9.82. The van der Waals surface area contributed by atoms with Crippen molar-refractivity contribution in [3.05, 3.63) is 34.9 Å². The first-order valence-corrected chi connectivity index (χ1v) is 9.55. The van der Waals surface area contributed by atoms with Gasteiger partial charge in [-0.25, -0.2) is 0 Å². The number of carbonyl (C=O) groups is 2. The summed E-state index contributed by atoms with van der Waals surface area (Å²) in [4.78, 5) is 22.9. The minimum Gasteiger partial charge on any atom is -0.465 e. The van der Waals surface area contributed by atoms with Gasteiger partial charge in [0.05, 0.1) is 13.2 Å². The quantitative estimate of drug-likeness (QED) is 0.604. The molecule has 0 spiro atoms. The molecule has 0 saturated carbocycles. The highest BCUT2D eigenvalue weighted by molar-refractivity contribution is 5.69. The van der Waals surface area contributed by atoms with Gasteiger partial charge in [0.1, 0.15) is 0 Å². The van der Waals surface area contributed by atoms with Crippen molar-refractivity contribution in [2.75, 3.05) is 13.2 Å². The summed E-state index contributed by atoms with van der Waals surface area (Å²) in [6.45, 7) is 15.0. The van der Waals surface area contributed by atoms with Crippen LogP contribution in [-0.2, 0) is 24.5 Å². The lowest BCUT2D eigenvalue weighted by Gasteiger charge is -2.25. The average molecular weight is 363 g/mol. The van der Waals surface area contributed by atoms with Gasteiger partial charge >= 0.3 is 11.9 Å². The molecule has 1 aromatic rings. The van der Waals surface area contributed by atoms with Crippen LogP contribution >= 0.6 is 0 Å². The van der Waals surface area contributed by atoms with Gasteiger partial charge in [0.15, 0.2) is 0 Å². The molecular weight excluding hydrogens is 328 g/mol. The molecule has 1 aromatic carbocycles. The van der Waals surface area contributed by atoms with E-state index < -0.39 is 0 Å². The Balaban J connectivity index is 3.06. The van der Waals surface area contributed by atoms with Crippen LogP contribution in [0, 0.1) is 0 Å². The van der Waals surface area contributed by atoms with Crippen molar-refractivity contribution >= 4 is 11.9 Å². The van der Waals surface area contributed by atoms with E-state index in [4.69, 9.17) is 9.47 Å². The van der Waals surface area contributed by atoms with Crippen LogP contribution in [0.15, 0.2) is 18.2 Å². The molecule has 0 aliphatic rings. The standard InChI is InChI=1S/C22H34O4/c1-8-20(23)25-13-15(3)17-10-18(12-19(11-17)22(5,6)7)16(4)14-26-21(24)9-2/h10-12,15-16H,8-9,13-14H2,1-7H3. The molecule has 0 radical (unpaired) electrons. The van der Waals surface area contributed by atoms with Crippen LogP contribution in [0.25, 0.3) is 0 Å². The van der Waals surface area contributed by atoms with Crippen LogP contribution < -0.4 is 0 Å². The summed E-state index contributed by atoms with van der Waals surface area (Å²) >= 11 is 0. The van der Waals surface area contributed by atoms with Gasteiger partial charge in [-0.05, 0) is 22.1 Å². The smallest absolute Gasteiger partial charge is 0.305 e. The van der Waals surface area contributed by atoms with Crippen LogP contribution in [-0.4, -0.2) is 25.2 Å². The normalized spacial score (nSPS) is 13.8. The van der Waals surface area contributed by atoms with Gasteiger partial charge in [-0.15, -0.1) is 0 Å². The van der Waals surface area contributed by atoms with Crippen LogP contribution in [0.1, 0.15) is 89.8 Å². The molecule has 0 fully saturated rings. The zero-order chi connectivity index (χ0) is 19.9. The van der Waals surface area contributed by atoms with Gasteiger partial charge in [0.25, 0.3) is 0 Å². The average Bonchev–Trinajstić information content (AvgIpc) is 2.62. The monoisotopic (exact) mass is 362 g/mol. The Bertz CT molecular complexity index is 569. The van der Waals surface area contributed by atoms with Gasteiger partial charge in [-0.1, -0.05) is 66.7 Å². The summed E-state index contributed by atoms with van der Waals surface area (Å²) < 4.78 is 10.6. The first-order chi connectivity index (χ1) is 12.1. The molecule has 0 aromatic heterocycles. The van der Waals surface area contributed by atoms with Gasteiger partial charge < -0.3 is 9.47 Å². The van der Waals surface area contributed by atoms with E-state index in [9.17, 15) is 9.59 Å². The minimum atomic E-state index is -0.177. The maximum absolute atomic E-state index is 11.5. The zero-order valence-electron chi connectivity index (χ0n) is 17.3. The number of benzene rings is 1. The molecule has 2 unspecified atom stereocenters. The number of esters is 2. The van der Waals surface area contributed by atoms with Crippen molar-refractivity contribution in [1.29, 1.82) is 0 Å². The van der Waals surface area contributed by atoms with Crippen molar-refractivity contribution in [3.8, 4) is 0 Å². The fourth-order valence-electron chi connectivity index (χ4n) is 2.51. The van der Waals surface area contributed by atoms with Crippen molar-refractivity contribution in [2.45, 2.75) is 78.6 Å². The molecule has 146 valence electrons. The van der Waals surface area contributed by atoms with E-state index in [0.717, 1.165) is 11.1 Å². The number of carbonyl (C=O) groups excluding carboxylic acids is 2. The van der Waals surface area contributed by atoms with Crippen LogP contribution in [0.5, 0.6) is 0 Å². The fraction of sp³-hybridized carbons (Fsp3) is 0.636. The molecule has 0 amide bonds. The Morgan fingerprint density at radius 3 is 1.54 bits per heavy atom. The zero-order valence-corrected chi connectivity index (χ0v) is 17.3. The number of ether oxygens (including phenoxy) is 2. The highest BCUT2D eigenvalue weighted by Gasteiger charge is 2.20. The molecular formula is C22H34O4. The molecule has 0 aliphatic heterocycles. The summed E-state index contributed by atoms with van der Waals surface area (Å²) in [6, 6.07) is 6.53. The van der Waals surface area contributed by atoms with E-state index in [1.54, 1.807) is 13.8 Å². The molecule has 0 aliphatic carbocycles. The van der Waals surface area contributed by atoms with Gasteiger partial charge in [0, 0.05) is 24.7 Å². The summed E-state index contributed by atoms with van der Waals surface area (Å²) in [5.41, 5.74) is 3.52. The van der Waals surface area contributed by atoms with E-state index >= 15 is 0 Å². The Morgan fingerprint density at radius 2 is 1.23 bits per heavy atom. The molecule has 0 N–H and O–H groups in total. The Hall–Kier alpha value is -1.84. The molecule has 4 heteroatoms. The molecule has 1 rings (SSSR count). The molecule has 0 bridgehead atoms. The molecule has 2 atom stereocenters. The topological polar surface area (TPSA) is 52.6 Å². The number of hydrogen-bond donors (Lipinski definition) is 0. The van der Waals surface area contributed by atoms with Crippen LogP contribution in [0.3, 0.4) is 0 Å². The summed E-state index contributed by atoms with van der Waals surface area (Å²) in [5.74, 6) is -0.137. The molecule has 4 nitrogen and oxygen atoms in total. The lowest BCUT2D eigenvalue weighted by molar-refractivity contribution is -0.144. The molecule has 26 heavy (non-hydrogen) atoms. The first-order valence-electron chi connectivity index (χ1n) is 9.55. The maximum atomic E-state index is 11.5. The van der Waals surface area contributed by atoms with Crippen molar-refractivity contribution in [1.82, 2.24) is 0 Å². The number of hydrogen-bond acceptors (Lipinski definition) is 4. The molecule has 0 heterocycles. The third-order valence-corrected chi connectivity index (χ3v) is 4.55. The fourth-order valence-corrected chi connectivity index (χ4v) is 2.51. The second-order valence-electron chi connectivity index (χ2n) is 8.01. The lowest BCUT2D eigenvalue weighted by Crippen LogP contribution is -2.16. The molecule has 0 saturated heterocycles. The number of rotatable bonds is 8. The van der Waals surface area contributed by atoms with Gasteiger partial charge in [-0.3, -0.25) is 9.59 Å². The van der Waals surface area contributed by atoms with E-state index in [1.165, 1.54) is 5.56 Å². The second-order valence-corrected chi connectivity index (χ2v) is 8.01. The van der Waals surface area contributed by atoms with Crippen molar-refractivity contribution < 1.29 is 19.1 Å². The van der Waals surface area contributed by atoms with E-state index in [2.05, 4.69) is 52.8 Å². The second kappa shape index (κ2) is 9.75. The van der Waals surface area contributed by atoms with E-state index in [-0.39, 0.29) is 29.2 Å². The predicted octanol–water partition coefficient (Wildman–Crippen LogP) is 5.10. The summed E-state index contributed by atoms with van der Waals surface area (Å²) in [6.07, 6.45) is 0.777. The summed E-state index contributed by atoms with van der Waals surface area (Å²) in [5, 5.41) is 0. The highest BCUT2D eigenvalue weighted by atomic mass is 16.5. The Morgan fingerprint density at radius 1 is 0.846 bits per heavy atom. The van der Waals surface area contributed by atoms with Gasteiger partial charge in [-0.2, -0.15) is 0 Å². The Labute approximate surface area is 158 Å². The van der Waals surface area contributed by atoms with Crippen molar-refractivity contribution in [3.63, 3.8) is 0 Å². The highest BCUT2D eigenvalue weighted by Crippen LogP contribution is 2.30. The third kappa shape index (κ3) is 6.81. The van der Waals surface area contributed by atoms with Crippen LogP contribution in [0.2, 0.25) is 0 Å². The Kier molecular flexibility index (Phi) is 8.32. The SMILES string of the molecule is CCC(=O)OCC(C)c1cc(C(C)COC(=O)CC)cc(C(C)(C)C)c1. The summed E-state index contributed by atoms with van der Waals surface area (Å²) in [7, 11) is 0. The van der Waals surface area contributed by atoms with E-state index in [1.807, 2.05) is 0 Å². The maximum Gasteiger partial charge on any atom is 0.305 e. The van der Waals surface area contributed by atoms with Gasteiger partial charge in [0.2, 0.25) is 0 Å². The first kappa shape index (κ1) is 22.2. The van der Waals surface area contributed by atoms with Crippen LogP contribution in [0.4, 0.5) is 0 Å². The largest absolute Gasteiger partial charge is 0.465 e. The van der Waals surface area contributed by atoms with Crippen molar-refractivity contribution in [2.24, 2.45) is 0 Å². The predicted molar refractivity (Wildman–Crippen MR) is 104 cm³/mol. The third-order valence-electron chi connectivity index (χ3n) is 4.55. The minimum absolute atomic E-state index is 0.00436. The van der Waals surface area contributed by atoms with E-state index in [0.29, 0.717) is 26.1 Å².